The van der Waals surface area contributed by atoms with Crippen molar-refractivity contribution in [2.75, 3.05) is 19.8 Å². The summed E-state index contributed by atoms with van der Waals surface area (Å²) in [5.74, 6) is -0.546. The Bertz CT molecular complexity index is 1430. The van der Waals surface area contributed by atoms with Crippen molar-refractivity contribution in [3.63, 3.8) is 0 Å². The van der Waals surface area contributed by atoms with Crippen LogP contribution in [0.15, 0.2) is 109 Å². The van der Waals surface area contributed by atoms with Crippen LogP contribution in [0.3, 0.4) is 0 Å². The summed E-state index contributed by atoms with van der Waals surface area (Å²) < 4.78 is 34.1. The van der Waals surface area contributed by atoms with Gasteiger partial charge in [0.15, 0.2) is 0 Å². The topological polar surface area (TPSA) is 192 Å². The maximum Gasteiger partial charge on any atom is 0.472 e. The minimum absolute atomic E-state index is 0.0948. The molecule has 0 aromatic heterocycles. The van der Waals surface area contributed by atoms with Crippen molar-refractivity contribution < 1.29 is 58.3 Å². The Labute approximate surface area is 372 Å². The summed E-state index contributed by atoms with van der Waals surface area (Å²) in [7, 11) is -5.05. The van der Waals surface area contributed by atoms with E-state index in [0.29, 0.717) is 19.4 Å². The molecule has 13 heteroatoms. The molecule has 0 aromatic carbocycles. The van der Waals surface area contributed by atoms with E-state index in [1.807, 2.05) is 12.2 Å². The van der Waals surface area contributed by atoms with Crippen LogP contribution in [0, 0.1) is 0 Å². The van der Waals surface area contributed by atoms with Crippen LogP contribution < -0.4 is 0 Å². The third kappa shape index (κ3) is 30.1. The summed E-state index contributed by atoms with van der Waals surface area (Å²) >= 11 is 0. The van der Waals surface area contributed by atoms with Gasteiger partial charge < -0.3 is 39.9 Å². The molecule has 0 bridgehead atoms. The van der Waals surface area contributed by atoms with Crippen LogP contribution in [0.2, 0.25) is 0 Å². The van der Waals surface area contributed by atoms with E-state index in [2.05, 4.69) is 111 Å². The van der Waals surface area contributed by atoms with Crippen LogP contribution in [-0.4, -0.2) is 98.9 Å². The van der Waals surface area contributed by atoms with Crippen molar-refractivity contribution in [3.05, 3.63) is 109 Å². The van der Waals surface area contributed by atoms with Crippen molar-refractivity contribution in [2.24, 2.45) is 0 Å². The van der Waals surface area contributed by atoms with E-state index in [4.69, 9.17) is 18.5 Å². The van der Waals surface area contributed by atoms with Crippen molar-refractivity contribution in [1.29, 1.82) is 0 Å². The van der Waals surface area contributed by atoms with Crippen LogP contribution in [-0.2, 0) is 27.9 Å². The summed E-state index contributed by atoms with van der Waals surface area (Å²) in [4.78, 5) is 23.1. The molecule has 1 fully saturated rings. The molecule has 12 nitrogen and oxygen atoms in total. The Kier molecular flexibility index (Phi) is 35.4. The summed E-state index contributed by atoms with van der Waals surface area (Å²) in [6.45, 7) is 3.90. The summed E-state index contributed by atoms with van der Waals surface area (Å²) in [6, 6.07) is 0. The summed E-state index contributed by atoms with van der Waals surface area (Å²) in [5.41, 5.74) is 0. The Balaban J connectivity index is 2.48. The van der Waals surface area contributed by atoms with Gasteiger partial charge in [0.1, 0.15) is 42.7 Å². The quantitative estimate of drug-likeness (QED) is 0.0151. The van der Waals surface area contributed by atoms with Crippen molar-refractivity contribution in [1.82, 2.24) is 0 Å². The molecule has 1 aliphatic carbocycles. The molecule has 0 amide bonds. The van der Waals surface area contributed by atoms with Crippen molar-refractivity contribution >= 4 is 13.8 Å². The molecule has 352 valence electrons. The number of aliphatic hydroxyl groups is 5. The molecule has 0 heterocycles. The number of phosphoric acid groups is 1. The number of hydrogen-bond acceptors (Lipinski definition) is 11. The highest BCUT2D eigenvalue weighted by Crippen LogP contribution is 2.47. The van der Waals surface area contributed by atoms with Gasteiger partial charge in [-0.15, -0.1) is 0 Å². The van der Waals surface area contributed by atoms with Gasteiger partial charge in [-0.1, -0.05) is 142 Å². The standard InChI is InChI=1S/C49H79O12P/c1-3-5-7-9-11-13-15-17-19-21-23-25-27-29-31-33-35-37-39-58-40-42(41-59-62(56,57)61-49-47(54)45(52)44(51)46(53)48(49)55)60-43(50)38-36-34-32-30-28-26-24-22-20-18-16-14-12-10-8-6-4-2/h5-8,11-14,17-20,23-26,30,32,42,44-49,51-55H,3-4,9-10,15-16,21-22,27-29,31,33-41H2,1-2H3,(H,56,57)/b7-5-,8-6-,13-11-,14-12-,19-17-,20-18-,25-23-,26-24-,32-30-. The zero-order chi connectivity index (χ0) is 45.5. The number of carbonyl (C=O) groups excluding carboxylic acids is 1. The third-order valence-corrected chi connectivity index (χ3v) is 10.6. The van der Waals surface area contributed by atoms with E-state index in [1.54, 1.807) is 0 Å². The SMILES string of the molecule is CC/C=C\C/C=C\C/C=C\C/C=C\C/C=C\CCCC(=O)OC(COCCCCCCC/C=C\C/C=C\C/C=C\C/C=C\CC)COP(=O)(O)OC1C(O)C(O)C(O)C(O)C1O. The maximum absolute atomic E-state index is 12.8. The van der Waals surface area contributed by atoms with Gasteiger partial charge in [-0.05, 0) is 89.9 Å². The number of rotatable bonds is 36. The Morgan fingerprint density at radius 2 is 0.903 bits per heavy atom. The van der Waals surface area contributed by atoms with E-state index in [0.717, 1.165) is 96.3 Å². The van der Waals surface area contributed by atoms with Gasteiger partial charge in [0.2, 0.25) is 0 Å². The molecule has 6 N–H and O–H groups in total. The molecular formula is C49H79O12P. The first kappa shape index (κ1) is 57.0. The van der Waals surface area contributed by atoms with Crippen molar-refractivity contribution in [2.45, 2.75) is 172 Å². The second-order valence-corrected chi connectivity index (χ2v) is 16.5. The fourth-order valence-corrected chi connectivity index (χ4v) is 7.06. The second kappa shape index (κ2) is 38.5. The molecule has 0 aromatic rings. The Morgan fingerprint density at radius 3 is 1.37 bits per heavy atom. The number of esters is 1. The lowest BCUT2D eigenvalue weighted by atomic mass is 9.85. The Morgan fingerprint density at radius 1 is 0.516 bits per heavy atom. The molecule has 6 unspecified atom stereocenters. The van der Waals surface area contributed by atoms with Gasteiger partial charge >= 0.3 is 13.8 Å². The predicted octanol–water partition coefficient (Wildman–Crippen LogP) is 9.30. The number of carbonyl (C=O) groups is 1. The number of hydrogen-bond donors (Lipinski definition) is 6. The number of aliphatic hydroxyl groups excluding tert-OH is 5. The molecule has 0 saturated heterocycles. The number of ether oxygens (including phenoxy) is 2. The fourth-order valence-electron chi connectivity index (χ4n) is 6.09. The first-order valence-electron chi connectivity index (χ1n) is 22.7. The summed E-state index contributed by atoms with van der Waals surface area (Å²) in [6.07, 6.45) is 41.6. The molecule has 62 heavy (non-hydrogen) atoms. The predicted molar refractivity (Wildman–Crippen MR) is 248 cm³/mol. The number of phosphoric ester groups is 1. The molecule has 0 spiro atoms. The molecular weight excluding hydrogens is 812 g/mol. The van der Waals surface area contributed by atoms with E-state index in [1.165, 1.54) is 0 Å². The van der Waals surface area contributed by atoms with E-state index in [9.17, 15) is 39.8 Å². The minimum Gasteiger partial charge on any atom is -0.457 e. The first-order valence-corrected chi connectivity index (χ1v) is 24.2. The highest BCUT2D eigenvalue weighted by Gasteiger charge is 2.51. The normalized spacial score (nSPS) is 23.0. The lowest BCUT2D eigenvalue weighted by Gasteiger charge is -2.41. The van der Waals surface area contributed by atoms with Crippen LogP contribution >= 0.6 is 7.82 Å². The second-order valence-electron chi connectivity index (χ2n) is 15.1. The minimum atomic E-state index is -5.05. The maximum atomic E-state index is 12.8. The summed E-state index contributed by atoms with van der Waals surface area (Å²) in [5, 5.41) is 50.2. The first-order chi connectivity index (χ1) is 30.0. The van der Waals surface area contributed by atoms with E-state index < -0.39 is 63.1 Å². The average molecular weight is 891 g/mol. The van der Waals surface area contributed by atoms with Gasteiger partial charge in [0.25, 0.3) is 0 Å². The zero-order valence-electron chi connectivity index (χ0n) is 37.4. The van der Waals surface area contributed by atoms with Crippen LogP contribution in [0.25, 0.3) is 0 Å². The molecule has 1 saturated carbocycles. The van der Waals surface area contributed by atoms with Crippen LogP contribution in [0.1, 0.15) is 129 Å². The Hall–Kier alpha value is -3.00. The zero-order valence-corrected chi connectivity index (χ0v) is 38.3. The lowest BCUT2D eigenvalue weighted by Crippen LogP contribution is -2.64. The van der Waals surface area contributed by atoms with Gasteiger partial charge in [-0.2, -0.15) is 0 Å². The smallest absolute Gasteiger partial charge is 0.457 e. The van der Waals surface area contributed by atoms with E-state index in [-0.39, 0.29) is 13.0 Å². The third-order valence-electron chi connectivity index (χ3n) is 9.64. The number of unbranched alkanes of at least 4 members (excludes halogenated alkanes) is 6. The average Bonchev–Trinajstić information content (AvgIpc) is 3.26. The van der Waals surface area contributed by atoms with Crippen LogP contribution in [0.5, 0.6) is 0 Å². The van der Waals surface area contributed by atoms with Gasteiger partial charge in [-0.3, -0.25) is 13.8 Å². The molecule has 6 atom stereocenters. The van der Waals surface area contributed by atoms with Crippen LogP contribution in [0.4, 0.5) is 0 Å². The lowest BCUT2D eigenvalue weighted by molar-refractivity contribution is -0.220. The van der Waals surface area contributed by atoms with E-state index >= 15 is 0 Å². The fraction of sp³-hybridized carbons (Fsp3) is 0.612. The molecule has 0 radical (unpaired) electrons. The van der Waals surface area contributed by atoms with Gasteiger partial charge in [-0.25, -0.2) is 4.57 Å². The largest absolute Gasteiger partial charge is 0.472 e. The highest BCUT2D eigenvalue weighted by molar-refractivity contribution is 7.47. The number of allylic oxidation sites excluding steroid dienone is 18. The molecule has 0 aliphatic heterocycles. The highest BCUT2D eigenvalue weighted by atomic mass is 31.2. The van der Waals surface area contributed by atoms with Gasteiger partial charge in [0.05, 0.1) is 13.2 Å². The molecule has 1 rings (SSSR count). The van der Waals surface area contributed by atoms with Gasteiger partial charge in [0, 0.05) is 13.0 Å². The monoisotopic (exact) mass is 891 g/mol. The van der Waals surface area contributed by atoms with Crippen molar-refractivity contribution in [3.8, 4) is 0 Å². The molecule has 1 aliphatic rings.